The van der Waals surface area contributed by atoms with Crippen LogP contribution in [0.2, 0.25) is 0 Å². The van der Waals surface area contributed by atoms with Crippen LogP contribution in [0.3, 0.4) is 0 Å². The van der Waals surface area contributed by atoms with Crippen molar-refractivity contribution in [3.8, 4) is 0 Å². The number of hydrogen-bond donors (Lipinski definition) is 3. The highest BCUT2D eigenvalue weighted by atomic mass is 16.5. The van der Waals surface area contributed by atoms with E-state index in [1.54, 1.807) is 13.2 Å². The summed E-state index contributed by atoms with van der Waals surface area (Å²) in [5.41, 5.74) is 9.39. The Labute approximate surface area is 158 Å². The fourth-order valence-corrected chi connectivity index (χ4v) is 2.91. The summed E-state index contributed by atoms with van der Waals surface area (Å²) in [5.74, 6) is -0.0696. The quantitative estimate of drug-likeness (QED) is 0.445. The van der Waals surface area contributed by atoms with E-state index in [4.69, 9.17) is 15.9 Å². The molecule has 3 rings (SSSR count). The molecule has 5 nitrogen and oxygen atoms in total. The third kappa shape index (κ3) is 4.51. The Balaban J connectivity index is 1.80. The minimum atomic E-state index is -0.0696. The molecule has 0 heterocycles. The number of carbonyl (C=O) groups excluding carboxylic acids is 1. The maximum atomic E-state index is 11.7. The van der Waals surface area contributed by atoms with Crippen molar-refractivity contribution in [3.63, 3.8) is 0 Å². The van der Waals surface area contributed by atoms with Gasteiger partial charge in [0.15, 0.2) is 0 Å². The second-order valence-electron chi connectivity index (χ2n) is 6.38. The number of fused-ring (bicyclic) bond motifs is 1. The Kier molecular flexibility index (Phi) is 5.84. The van der Waals surface area contributed by atoms with Gasteiger partial charge in [-0.25, -0.2) is 0 Å². The van der Waals surface area contributed by atoms with Gasteiger partial charge in [0.2, 0.25) is 5.91 Å². The maximum absolute atomic E-state index is 11.7. The lowest BCUT2D eigenvalue weighted by molar-refractivity contribution is -0.122. The number of ether oxygens (including phenoxy) is 1. The molecule has 0 radical (unpaired) electrons. The molecule has 0 saturated carbocycles. The van der Waals surface area contributed by atoms with Crippen LogP contribution in [-0.4, -0.2) is 25.3 Å². The molecule has 4 N–H and O–H groups in total. The van der Waals surface area contributed by atoms with Crippen molar-refractivity contribution >= 4 is 28.1 Å². The van der Waals surface area contributed by atoms with Crippen LogP contribution in [-0.2, 0) is 16.1 Å². The summed E-state index contributed by atoms with van der Waals surface area (Å²) >= 11 is 0. The van der Waals surface area contributed by atoms with Crippen LogP contribution in [0, 0.1) is 5.41 Å². The third-order valence-electron chi connectivity index (χ3n) is 4.45. The Morgan fingerprint density at radius 1 is 1.07 bits per heavy atom. The summed E-state index contributed by atoms with van der Waals surface area (Å²) in [5, 5.41) is 13.7. The van der Waals surface area contributed by atoms with Crippen molar-refractivity contribution in [2.24, 2.45) is 0 Å². The van der Waals surface area contributed by atoms with Gasteiger partial charge in [-0.3, -0.25) is 10.2 Å². The molecule has 3 aromatic carbocycles. The maximum Gasteiger partial charge on any atom is 0.222 e. The molecule has 0 atom stereocenters. The average Bonchev–Trinajstić information content (AvgIpc) is 2.70. The van der Waals surface area contributed by atoms with Crippen molar-refractivity contribution in [1.29, 1.82) is 5.41 Å². The monoisotopic (exact) mass is 361 g/mol. The first-order valence-electron chi connectivity index (χ1n) is 8.80. The van der Waals surface area contributed by atoms with Gasteiger partial charge in [-0.15, -0.1) is 0 Å². The van der Waals surface area contributed by atoms with E-state index in [9.17, 15) is 4.79 Å². The predicted molar refractivity (Wildman–Crippen MR) is 109 cm³/mol. The molecule has 0 aliphatic carbocycles. The van der Waals surface area contributed by atoms with Gasteiger partial charge in [0.25, 0.3) is 0 Å². The van der Waals surface area contributed by atoms with E-state index < -0.39 is 0 Å². The molecule has 0 aliphatic rings. The van der Waals surface area contributed by atoms with Gasteiger partial charge in [0.1, 0.15) is 0 Å². The SMILES string of the molecule is COCCC(=O)NCc1ccc(N)c(C(=N)c2ccc3ccccc3c2)c1. The summed E-state index contributed by atoms with van der Waals surface area (Å²) in [6, 6.07) is 19.5. The molecule has 3 aromatic rings. The molecule has 27 heavy (non-hydrogen) atoms. The van der Waals surface area contributed by atoms with Crippen molar-refractivity contribution in [1.82, 2.24) is 5.32 Å². The zero-order chi connectivity index (χ0) is 19.2. The van der Waals surface area contributed by atoms with Crippen molar-refractivity contribution < 1.29 is 9.53 Å². The Hall–Kier alpha value is -3.18. The molecule has 0 fully saturated rings. The molecule has 0 spiro atoms. The smallest absolute Gasteiger partial charge is 0.222 e. The van der Waals surface area contributed by atoms with E-state index >= 15 is 0 Å². The highest BCUT2D eigenvalue weighted by molar-refractivity contribution is 6.15. The first-order chi connectivity index (χ1) is 13.1. The van der Waals surface area contributed by atoms with Gasteiger partial charge in [-0.05, 0) is 34.5 Å². The van der Waals surface area contributed by atoms with Crippen LogP contribution in [0.4, 0.5) is 5.69 Å². The van der Waals surface area contributed by atoms with Crippen LogP contribution in [0.1, 0.15) is 23.1 Å². The lowest BCUT2D eigenvalue weighted by Gasteiger charge is -2.12. The highest BCUT2D eigenvalue weighted by Gasteiger charge is 2.11. The number of hydrogen-bond acceptors (Lipinski definition) is 4. The minimum Gasteiger partial charge on any atom is -0.398 e. The van der Waals surface area contributed by atoms with Gasteiger partial charge < -0.3 is 15.8 Å². The van der Waals surface area contributed by atoms with Crippen LogP contribution in [0.15, 0.2) is 60.7 Å². The number of rotatable bonds is 7. The molecule has 138 valence electrons. The molecule has 5 heteroatoms. The number of methoxy groups -OCH3 is 1. The number of nitrogen functional groups attached to an aromatic ring is 1. The van der Waals surface area contributed by atoms with Gasteiger partial charge in [0.05, 0.1) is 12.3 Å². The molecule has 0 saturated heterocycles. The van der Waals surface area contributed by atoms with Crippen LogP contribution >= 0.6 is 0 Å². The summed E-state index contributed by atoms with van der Waals surface area (Å²) in [6.07, 6.45) is 0.325. The summed E-state index contributed by atoms with van der Waals surface area (Å²) < 4.78 is 4.90. The number of carbonyl (C=O) groups is 1. The number of anilines is 1. The van der Waals surface area contributed by atoms with Gasteiger partial charge in [-0.2, -0.15) is 0 Å². The van der Waals surface area contributed by atoms with E-state index in [-0.39, 0.29) is 5.91 Å². The first kappa shape index (κ1) is 18.6. The van der Waals surface area contributed by atoms with Gasteiger partial charge >= 0.3 is 0 Å². The zero-order valence-electron chi connectivity index (χ0n) is 15.3. The number of amides is 1. The summed E-state index contributed by atoms with van der Waals surface area (Å²) in [7, 11) is 1.57. The number of nitrogens with one attached hydrogen (secondary N) is 2. The molecule has 0 bridgehead atoms. The largest absolute Gasteiger partial charge is 0.398 e. The molecule has 0 aliphatic heterocycles. The number of benzene rings is 3. The first-order valence-corrected chi connectivity index (χ1v) is 8.80. The van der Waals surface area contributed by atoms with Crippen molar-refractivity contribution in [2.75, 3.05) is 19.5 Å². The topological polar surface area (TPSA) is 88.2 Å². The Morgan fingerprint density at radius 3 is 2.63 bits per heavy atom. The van der Waals surface area contributed by atoms with E-state index in [0.29, 0.717) is 36.5 Å². The van der Waals surface area contributed by atoms with Crippen LogP contribution in [0.25, 0.3) is 10.8 Å². The molecular weight excluding hydrogens is 338 g/mol. The lowest BCUT2D eigenvalue weighted by atomic mass is 9.97. The summed E-state index contributed by atoms with van der Waals surface area (Å²) in [4.78, 5) is 11.7. The number of nitrogens with two attached hydrogens (primary N) is 1. The van der Waals surface area contributed by atoms with Crippen LogP contribution < -0.4 is 11.1 Å². The molecule has 1 amide bonds. The third-order valence-corrected chi connectivity index (χ3v) is 4.45. The minimum absolute atomic E-state index is 0.0696. The Morgan fingerprint density at radius 2 is 1.85 bits per heavy atom. The fraction of sp³-hybridized carbons (Fsp3) is 0.182. The Bertz CT molecular complexity index is 982. The average molecular weight is 361 g/mol. The highest BCUT2D eigenvalue weighted by Crippen LogP contribution is 2.22. The van der Waals surface area contributed by atoms with E-state index in [1.165, 1.54) is 0 Å². The standard InChI is InChI=1S/C22H23N3O2/c1-27-11-10-21(26)25-14-15-6-9-20(23)19(12-15)22(24)18-8-7-16-4-2-3-5-17(16)13-18/h2-9,12-13,24H,10-11,14,23H2,1H3,(H,25,26). The van der Waals surface area contributed by atoms with Crippen molar-refractivity contribution in [3.05, 3.63) is 77.4 Å². The van der Waals surface area contributed by atoms with Crippen molar-refractivity contribution in [2.45, 2.75) is 13.0 Å². The van der Waals surface area contributed by atoms with E-state index in [1.807, 2.05) is 54.6 Å². The zero-order valence-corrected chi connectivity index (χ0v) is 15.3. The normalized spacial score (nSPS) is 10.7. The van der Waals surface area contributed by atoms with Gasteiger partial charge in [0, 0.05) is 36.9 Å². The van der Waals surface area contributed by atoms with E-state index in [0.717, 1.165) is 21.9 Å². The summed E-state index contributed by atoms with van der Waals surface area (Å²) in [6.45, 7) is 0.784. The second-order valence-corrected chi connectivity index (χ2v) is 6.38. The molecular formula is C22H23N3O2. The van der Waals surface area contributed by atoms with Crippen LogP contribution in [0.5, 0.6) is 0 Å². The fourth-order valence-electron chi connectivity index (χ4n) is 2.91. The lowest BCUT2D eigenvalue weighted by Crippen LogP contribution is -2.23. The molecule has 0 aromatic heterocycles. The van der Waals surface area contributed by atoms with Gasteiger partial charge in [-0.1, -0.05) is 42.5 Å². The van der Waals surface area contributed by atoms with E-state index in [2.05, 4.69) is 5.32 Å². The molecule has 0 unspecified atom stereocenters. The predicted octanol–water partition coefficient (Wildman–Crippen LogP) is 3.49. The second kappa shape index (κ2) is 8.47.